The van der Waals surface area contributed by atoms with Crippen LogP contribution in [0.1, 0.15) is 12.8 Å². The van der Waals surface area contributed by atoms with Crippen molar-refractivity contribution in [2.75, 3.05) is 32.9 Å². The molecule has 2 aliphatic heterocycles. The number of hydrogen-bond donors (Lipinski definition) is 2. The van der Waals surface area contributed by atoms with Gasteiger partial charge in [0, 0.05) is 6.54 Å². The Morgan fingerprint density at radius 2 is 2.47 bits per heavy atom. The number of carbonyl (C=O) groups excluding carboxylic acids is 1. The second-order valence-corrected chi connectivity index (χ2v) is 4.09. The van der Waals surface area contributed by atoms with E-state index in [4.69, 9.17) is 9.84 Å². The minimum atomic E-state index is -0.159. The van der Waals surface area contributed by atoms with Crippen LogP contribution >= 0.6 is 0 Å². The highest BCUT2D eigenvalue weighted by Crippen LogP contribution is 2.13. The van der Waals surface area contributed by atoms with Crippen LogP contribution in [0.2, 0.25) is 0 Å². The van der Waals surface area contributed by atoms with Crippen molar-refractivity contribution in [2.45, 2.75) is 24.9 Å². The molecule has 2 rings (SSSR count). The van der Waals surface area contributed by atoms with Crippen molar-refractivity contribution >= 4 is 5.91 Å². The van der Waals surface area contributed by atoms with Crippen molar-refractivity contribution in [3.05, 3.63) is 0 Å². The molecule has 0 aliphatic carbocycles. The number of ether oxygens (including phenoxy) is 1. The largest absolute Gasteiger partial charge is 0.394 e. The summed E-state index contributed by atoms with van der Waals surface area (Å²) in [5.74, 6) is 0.120. The number of morpholine rings is 1. The Hall–Kier alpha value is -0.650. The van der Waals surface area contributed by atoms with Gasteiger partial charge in [0.05, 0.1) is 31.9 Å². The smallest absolute Gasteiger partial charge is 0.240 e. The van der Waals surface area contributed by atoms with Gasteiger partial charge in [-0.15, -0.1) is 0 Å². The summed E-state index contributed by atoms with van der Waals surface area (Å²) >= 11 is 0. The van der Waals surface area contributed by atoms with Gasteiger partial charge < -0.3 is 20.1 Å². The molecule has 86 valence electrons. The van der Waals surface area contributed by atoms with Gasteiger partial charge in [-0.2, -0.15) is 0 Å². The predicted molar refractivity (Wildman–Crippen MR) is 54.4 cm³/mol. The minimum absolute atomic E-state index is 0.0154. The number of aliphatic hydroxyl groups excluding tert-OH is 1. The number of amides is 1. The Morgan fingerprint density at radius 3 is 3.13 bits per heavy atom. The maximum absolute atomic E-state index is 12.1. The zero-order chi connectivity index (χ0) is 10.7. The van der Waals surface area contributed by atoms with Crippen LogP contribution in [0.15, 0.2) is 0 Å². The number of carbonyl (C=O) groups is 1. The van der Waals surface area contributed by atoms with E-state index >= 15 is 0 Å². The number of rotatable bonds is 2. The average molecular weight is 214 g/mol. The maximum Gasteiger partial charge on any atom is 0.240 e. The fourth-order valence-corrected chi connectivity index (χ4v) is 2.19. The quantitative estimate of drug-likeness (QED) is 0.616. The lowest BCUT2D eigenvalue weighted by molar-refractivity contribution is -0.143. The standard InChI is InChI=1S/C10H18N2O3/c13-6-8-7-15-5-4-12(8)10(14)9-2-1-3-11-9/h8-9,11,13H,1-7H2. The van der Waals surface area contributed by atoms with Gasteiger partial charge in [0.1, 0.15) is 0 Å². The van der Waals surface area contributed by atoms with E-state index in [-0.39, 0.29) is 24.6 Å². The molecular weight excluding hydrogens is 196 g/mol. The molecule has 2 unspecified atom stereocenters. The van der Waals surface area contributed by atoms with Crippen molar-refractivity contribution in [2.24, 2.45) is 0 Å². The molecule has 2 atom stereocenters. The Balaban J connectivity index is 1.96. The molecule has 2 aliphatic rings. The summed E-state index contributed by atoms with van der Waals surface area (Å²) in [7, 11) is 0. The second kappa shape index (κ2) is 4.92. The molecule has 1 amide bonds. The molecule has 0 radical (unpaired) electrons. The first-order valence-electron chi connectivity index (χ1n) is 5.55. The van der Waals surface area contributed by atoms with Crippen LogP contribution in [0, 0.1) is 0 Å². The molecule has 2 N–H and O–H groups in total. The van der Waals surface area contributed by atoms with Crippen LogP contribution in [0.5, 0.6) is 0 Å². The zero-order valence-electron chi connectivity index (χ0n) is 8.82. The maximum atomic E-state index is 12.1. The monoisotopic (exact) mass is 214 g/mol. The lowest BCUT2D eigenvalue weighted by Gasteiger charge is -2.36. The Morgan fingerprint density at radius 1 is 1.60 bits per heavy atom. The van der Waals surface area contributed by atoms with E-state index in [0.29, 0.717) is 19.8 Å². The van der Waals surface area contributed by atoms with Crippen LogP contribution in [-0.2, 0) is 9.53 Å². The normalized spacial score (nSPS) is 31.9. The van der Waals surface area contributed by atoms with E-state index in [1.165, 1.54) is 0 Å². The molecule has 5 heteroatoms. The Kier molecular flexibility index (Phi) is 3.56. The third-order valence-electron chi connectivity index (χ3n) is 3.08. The molecule has 0 aromatic carbocycles. The summed E-state index contributed by atoms with van der Waals surface area (Å²) in [5, 5.41) is 12.3. The molecule has 0 saturated carbocycles. The molecule has 0 spiro atoms. The summed E-state index contributed by atoms with van der Waals surface area (Å²) in [6.07, 6.45) is 1.97. The number of nitrogens with zero attached hydrogens (tertiary/aromatic N) is 1. The minimum Gasteiger partial charge on any atom is -0.394 e. The summed E-state index contributed by atoms with van der Waals surface area (Å²) in [5.41, 5.74) is 0. The molecule has 2 heterocycles. The van der Waals surface area contributed by atoms with Crippen LogP contribution in [0.25, 0.3) is 0 Å². The molecular formula is C10H18N2O3. The highest BCUT2D eigenvalue weighted by Gasteiger charge is 2.32. The third kappa shape index (κ3) is 2.30. The molecule has 2 fully saturated rings. The summed E-state index contributed by atoms with van der Waals surface area (Å²) in [6.45, 7) is 2.54. The fraction of sp³-hybridized carbons (Fsp3) is 0.900. The molecule has 0 bridgehead atoms. The van der Waals surface area contributed by atoms with E-state index < -0.39 is 0 Å². The summed E-state index contributed by atoms with van der Waals surface area (Å²) in [6, 6.07) is -0.203. The van der Waals surface area contributed by atoms with Crippen LogP contribution < -0.4 is 5.32 Å². The fourth-order valence-electron chi connectivity index (χ4n) is 2.19. The molecule has 0 aromatic rings. The predicted octanol–water partition coefficient (Wildman–Crippen LogP) is -1.04. The SMILES string of the molecule is O=C(C1CCCN1)N1CCOCC1CO. The van der Waals surface area contributed by atoms with Gasteiger partial charge in [-0.25, -0.2) is 0 Å². The first kappa shape index (κ1) is 10.9. The van der Waals surface area contributed by atoms with Crippen molar-refractivity contribution in [3.63, 3.8) is 0 Å². The van der Waals surface area contributed by atoms with E-state index in [1.807, 2.05) is 0 Å². The van der Waals surface area contributed by atoms with Gasteiger partial charge in [-0.3, -0.25) is 4.79 Å². The molecule has 15 heavy (non-hydrogen) atoms. The second-order valence-electron chi connectivity index (χ2n) is 4.09. The molecule has 2 saturated heterocycles. The van der Waals surface area contributed by atoms with Crippen LogP contribution in [0.3, 0.4) is 0 Å². The topological polar surface area (TPSA) is 61.8 Å². The van der Waals surface area contributed by atoms with Crippen LogP contribution in [0.4, 0.5) is 0 Å². The third-order valence-corrected chi connectivity index (χ3v) is 3.08. The van der Waals surface area contributed by atoms with Crippen molar-refractivity contribution in [1.82, 2.24) is 10.2 Å². The van der Waals surface area contributed by atoms with Crippen molar-refractivity contribution in [3.8, 4) is 0 Å². The van der Waals surface area contributed by atoms with E-state index in [2.05, 4.69) is 5.32 Å². The van der Waals surface area contributed by atoms with Gasteiger partial charge in [0.15, 0.2) is 0 Å². The van der Waals surface area contributed by atoms with Gasteiger partial charge in [-0.1, -0.05) is 0 Å². The number of aliphatic hydroxyl groups is 1. The lowest BCUT2D eigenvalue weighted by Crippen LogP contribution is -2.55. The van der Waals surface area contributed by atoms with E-state index in [0.717, 1.165) is 19.4 Å². The Bertz CT molecular complexity index is 229. The zero-order valence-corrected chi connectivity index (χ0v) is 8.82. The van der Waals surface area contributed by atoms with Crippen LogP contribution in [-0.4, -0.2) is 60.9 Å². The number of hydrogen-bond acceptors (Lipinski definition) is 4. The first-order valence-corrected chi connectivity index (χ1v) is 5.55. The highest BCUT2D eigenvalue weighted by atomic mass is 16.5. The van der Waals surface area contributed by atoms with Crippen molar-refractivity contribution in [1.29, 1.82) is 0 Å². The summed E-state index contributed by atoms with van der Waals surface area (Å²) in [4.78, 5) is 13.8. The van der Waals surface area contributed by atoms with Gasteiger partial charge in [-0.05, 0) is 19.4 Å². The summed E-state index contributed by atoms with van der Waals surface area (Å²) < 4.78 is 5.24. The van der Waals surface area contributed by atoms with Crippen molar-refractivity contribution < 1.29 is 14.6 Å². The van der Waals surface area contributed by atoms with Gasteiger partial charge in [0.2, 0.25) is 5.91 Å². The van der Waals surface area contributed by atoms with Gasteiger partial charge in [0.25, 0.3) is 0 Å². The van der Waals surface area contributed by atoms with E-state index in [9.17, 15) is 4.79 Å². The van der Waals surface area contributed by atoms with Gasteiger partial charge >= 0.3 is 0 Å². The lowest BCUT2D eigenvalue weighted by atomic mass is 10.1. The highest BCUT2D eigenvalue weighted by molar-refractivity contribution is 5.82. The molecule has 0 aromatic heterocycles. The Labute approximate surface area is 89.4 Å². The molecule has 5 nitrogen and oxygen atoms in total. The number of nitrogens with one attached hydrogen (secondary N) is 1. The average Bonchev–Trinajstić information content (AvgIpc) is 2.81. The first-order chi connectivity index (χ1) is 7.33. The van der Waals surface area contributed by atoms with E-state index in [1.54, 1.807) is 4.90 Å².